The zero-order chi connectivity index (χ0) is 12.3. The number of esters is 1. The van der Waals surface area contributed by atoms with E-state index in [0.717, 1.165) is 6.61 Å². The van der Waals surface area contributed by atoms with Gasteiger partial charge < -0.3 is 29.9 Å². The molecule has 0 aromatic rings. The Kier molecular flexibility index (Phi) is 4.63. The monoisotopic (exact) mass is 235 g/mol. The van der Waals surface area contributed by atoms with Crippen LogP contribution in [-0.2, 0) is 14.3 Å². The molecule has 0 aromatic carbocycles. The van der Waals surface area contributed by atoms with Crippen LogP contribution in [0.5, 0.6) is 0 Å². The summed E-state index contributed by atoms with van der Waals surface area (Å²) in [5, 5.41) is 37.4. The predicted octanol–water partition coefficient (Wildman–Crippen LogP) is -2.45. The van der Waals surface area contributed by atoms with E-state index in [1.807, 2.05) is 0 Å². The number of aliphatic hydroxyl groups excluding tert-OH is 4. The van der Waals surface area contributed by atoms with Crippen LogP contribution in [0.4, 0.5) is 0 Å². The van der Waals surface area contributed by atoms with Gasteiger partial charge in [-0.1, -0.05) is 0 Å². The Labute approximate surface area is 92.2 Å². The van der Waals surface area contributed by atoms with Crippen molar-refractivity contribution in [2.75, 3.05) is 6.61 Å². The molecule has 5 atom stereocenters. The van der Waals surface area contributed by atoms with Gasteiger partial charge in [-0.15, -0.1) is 0 Å². The zero-order valence-corrected chi connectivity index (χ0v) is 8.68. The van der Waals surface area contributed by atoms with Crippen molar-refractivity contribution in [3.8, 4) is 0 Å². The summed E-state index contributed by atoms with van der Waals surface area (Å²) in [6, 6.07) is 0. The van der Waals surface area contributed by atoms with Crippen molar-refractivity contribution in [3.63, 3.8) is 0 Å². The smallest absolute Gasteiger partial charge is 0.337 e. The number of rotatable bonds is 3. The van der Waals surface area contributed by atoms with E-state index in [0.29, 0.717) is 0 Å². The molecular formula is C9H15O7. The molecule has 93 valence electrons. The molecule has 0 amide bonds. The minimum atomic E-state index is -1.71. The van der Waals surface area contributed by atoms with Crippen LogP contribution >= 0.6 is 0 Å². The van der Waals surface area contributed by atoms with E-state index < -0.39 is 36.5 Å². The Morgan fingerprint density at radius 1 is 1.44 bits per heavy atom. The molecule has 1 aliphatic heterocycles. The largest absolute Gasteiger partial charge is 0.464 e. The SMILES string of the molecule is CCOC(=O)C(O)[C@H]1O[CH][C@H](O)[C@@H](O)[C@@H]1O. The van der Waals surface area contributed by atoms with E-state index in [-0.39, 0.29) is 6.61 Å². The maximum atomic E-state index is 11.2. The Hall–Kier alpha value is -0.730. The fourth-order valence-corrected chi connectivity index (χ4v) is 1.35. The molecule has 1 fully saturated rings. The Morgan fingerprint density at radius 2 is 2.06 bits per heavy atom. The summed E-state index contributed by atoms with van der Waals surface area (Å²) in [5.41, 5.74) is 0. The van der Waals surface area contributed by atoms with E-state index in [9.17, 15) is 20.1 Å². The molecule has 1 radical (unpaired) electrons. The first-order valence-corrected chi connectivity index (χ1v) is 4.86. The molecule has 16 heavy (non-hydrogen) atoms. The van der Waals surface area contributed by atoms with Gasteiger partial charge in [-0.25, -0.2) is 4.79 Å². The first kappa shape index (κ1) is 13.3. The molecule has 0 aliphatic carbocycles. The Bertz CT molecular complexity index is 244. The van der Waals surface area contributed by atoms with E-state index in [4.69, 9.17) is 9.84 Å². The fourth-order valence-electron chi connectivity index (χ4n) is 1.35. The van der Waals surface area contributed by atoms with Gasteiger partial charge in [0, 0.05) is 0 Å². The number of hydrogen-bond acceptors (Lipinski definition) is 7. The van der Waals surface area contributed by atoms with Gasteiger partial charge in [0.05, 0.1) is 6.61 Å². The summed E-state index contributed by atoms with van der Waals surface area (Å²) < 4.78 is 9.30. The topological polar surface area (TPSA) is 116 Å². The highest BCUT2D eigenvalue weighted by Crippen LogP contribution is 2.21. The number of ether oxygens (including phenoxy) is 2. The zero-order valence-electron chi connectivity index (χ0n) is 8.68. The van der Waals surface area contributed by atoms with Crippen LogP contribution in [-0.4, -0.2) is 63.5 Å². The molecular weight excluding hydrogens is 220 g/mol. The second-order valence-corrected chi connectivity index (χ2v) is 3.41. The van der Waals surface area contributed by atoms with E-state index in [2.05, 4.69) is 4.74 Å². The van der Waals surface area contributed by atoms with Crippen LogP contribution < -0.4 is 0 Å². The summed E-state index contributed by atoms with van der Waals surface area (Å²) in [4.78, 5) is 11.2. The molecule has 1 heterocycles. The Balaban J connectivity index is 2.62. The normalized spacial score (nSPS) is 36.8. The maximum absolute atomic E-state index is 11.2. The predicted molar refractivity (Wildman–Crippen MR) is 49.8 cm³/mol. The van der Waals surface area contributed by atoms with Gasteiger partial charge in [0.25, 0.3) is 0 Å². The van der Waals surface area contributed by atoms with Crippen molar-refractivity contribution in [2.45, 2.75) is 37.4 Å². The van der Waals surface area contributed by atoms with Crippen LogP contribution in [0.15, 0.2) is 0 Å². The first-order chi connectivity index (χ1) is 7.49. The lowest BCUT2D eigenvalue weighted by molar-refractivity contribution is -0.199. The summed E-state index contributed by atoms with van der Waals surface area (Å²) in [7, 11) is 0. The Morgan fingerprint density at radius 3 is 2.62 bits per heavy atom. The maximum Gasteiger partial charge on any atom is 0.337 e. The van der Waals surface area contributed by atoms with Crippen molar-refractivity contribution in [1.29, 1.82) is 0 Å². The molecule has 4 N–H and O–H groups in total. The average Bonchev–Trinajstić information content (AvgIpc) is 2.26. The van der Waals surface area contributed by atoms with Crippen LogP contribution in [0.1, 0.15) is 6.92 Å². The van der Waals surface area contributed by atoms with Gasteiger partial charge in [0.1, 0.15) is 31.0 Å². The van der Waals surface area contributed by atoms with Crippen LogP contribution in [0.2, 0.25) is 0 Å². The lowest BCUT2D eigenvalue weighted by atomic mass is 9.96. The molecule has 1 rings (SSSR count). The van der Waals surface area contributed by atoms with Crippen molar-refractivity contribution < 1.29 is 34.7 Å². The van der Waals surface area contributed by atoms with Gasteiger partial charge in [0.15, 0.2) is 6.10 Å². The third kappa shape index (κ3) is 2.69. The van der Waals surface area contributed by atoms with Crippen molar-refractivity contribution >= 4 is 5.97 Å². The van der Waals surface area contributed by atoms with Gasteiger partial charge in [-0.3, -0.25) is 0 Å². The van der Waals surface area contributed by atoms with Crippen molar-refractivity contribution in [3.05, 3.63) is 6.61 Å². The molecule has 0 aromatic heterocycles. The highest BCUT2D eigenvalue weighted by molar-refractivity contribution is 5.75. The quantitative estimate of drug-likeness (QED) is 0.401. The third-order valence-corrected chi connectivity index (χ3v) is 2.25. The molecule has 1 saturated heterocycles. The minimum Gasteiger partial charge on any atom is -0.464 e. The van der Waals surface area contributed by atoms with Gasteiger partial charge in [-0.05, 0) is 6.92 Å². The van der Waals surface area contributed by atoms with E-state index >= 15 is 0 Å². The van der Waals surface area contributed by atoms with E-state index in [1.54, 1.807) is 6.92 Å². The molecule has 0 spiro atoms. The first-order valence-electron chi connectivity index (χ1n) is 4.86. The third-order valence-electron chi connectivity index (χ3n) is 2.25. The number of hydrogen-bond donors (Lipinski definition) is 4. The molecule has 0 saturated carbocycles. The second-order valence-electron chi connectivity index (χ2n) is 3.41. The lowest BCUT2D eigenvalue weighted by Gasteiger charge is -2.36. The van der Waals surface area contributed by atoms with Crippen LogP contribution in [0.25, 0.3) is 0 Å². The second kappa shape index (κ2) is 5.55. The average molecular weight is 235 g/mol. The minimum absolute atomic E-state index is 0.0770. The fraction of sp³-hybridized carbons (Fsp3) is 0.778. The number of carbonyl (C=O) groups is 1. The molecule has 1 aliphatic rings. The van der Waals surface area contributed by atoms with Crippen LogP contribution in [0.3, 0.4) is 0 Å². The summed E-state index contributed by atoms with van der Waals surface area (Å²) in [6.07, 6.45) is -7.51. The summed E-state index contributed by atoms with van der Waals surface area (Å²) in [6.45, 7) is 2.49. The summed E-state index contributed by atoms with van der Waals surface area (Å²) >= 11 is 0. The van der Waals surface area contributed by atoms with Crippen molar-refractivity contribution in [1.82, 2.24) is 0 Å². The van der Waals surface area contributed by atoms with Crippen molar-refractivity contribution in [2.24, 2.45) is 0 Å². The van der Waals surface area contributed by atoms with Gasteiger partial charge in [-0.2, -0.15) is 0 Å². The number of aliphatic hydroxyl groups is 4. The highest BCUT2D eigenvalue weighted by atomic mass is 16.6. The molecule has 1 unspecified atom stereocenters. The summed E-state index contributed by atoms with van der Waals surface area (Å²) in [5.74, 6) is -0.955. The van der Waals surface area contributed by atoms with Gasteiger partial charge in [0.2, 0.25) is 0 Å². The molecule has 7 nitrogen and oxygen atoms in total. The van der Waals surface area contributed by atoms with Gasteiger partial charge >= 0.3 is 5.97 Å². The highest BCUT2D eigenvalue weighted by Gasteiger charge is 2.44. The van der Waals surface area contributed by atoms with Crippen LogP contribution in [0, 0.1) is 6.61 Å². The molecule has 7 heteroatoms. The standard InChI is InChI=1S/C9H15O7/c1-2-15-9(14)7(13)8-6(12)5(11)4(10)3-16-8/h3-8,10-13H,2H2,1H3/t4-,5+,6-,7?,8-/m0/s1. The van der Waals surface area contributed by atoms with E-state index in [1.165, 1.54) is 0 Å². The number of carbonyl (C=O) groups excluding carboxylic acids is 1. The molecule has 0 bridgehead atoms. The lowest BCUT2D eigenvalue weighted by Crippen LogP contribution is -2.56.